The Kier molecular flexibility index (Phi) is 3.25. The SMILES string of the molecule is CC(C)c1nc2cc(O)ccc2c(=O)n1Cc1ccoc1. The third-order valence-corrected chi connectivity index (χ3v) is 3.41. The fraction of sp³-hybridized carbons (Fsp3) is 0.250. The van der Waals surface area contributed by atoms with Crippen LogP contribution in [-0.2, 0) is 6.54 Å². The Balaban J connectivity index is 2.25. The van der Waals surface area contributed by atoms with Gasteiger partial charge in [-0.05, 0) is 18.2 Å². The molecule has 21 heavy (non-hydrogen) atoms. The summed E-state index contributed by atoms with van der Waals surface area (Å²) in [5.41, 5.74) is 1.33. The number of phenols is 1. The van der Waals surface area contributed by atoms with E-state index in [1.54, 1.807) is 23.2 Å². The number of phenolic OH excluding ortho intramolecular Hbond substituents is 1. The van der Waals surface area contributed by atoms with Crippen LogP contribution in [0.3, 0.4) is 0 Å². The average molecular weight is 284 g/mol. The molecule has 0 radical (unpaired) electrons. The lowest BCUT2D eigenvalue weighted by Gasteiger charge is -2.15. The second-order valence-electron chi connectivity index (χ2n) is 5.35. The first kappa shape index (κ1) is 13.4. The molecule has 0 aliphatic carbocycles. The van der Waals surface area contributed by atoms with Crippen molar-refractivity contribution in [1.29, 1.82) is 0 Å². The highest BCUT2D eigenvalue weighted by Crippen LogP contribution is 2.19. The molecule has 0 atom stereocenters. The summed E-state index contributed by atoms with van der Waals surface area (Å²) in [5, 5.41) is 10.1. The maximum absolute atomic E-state index is 12.7. The van der Waals surface area contributed by atoms with E-state index in [1.165, 1.54) is 12.1 Å². The summed E-state index contributed by atoms with van der Waals surface area (Å²) in [6.45, 7) is 4.40. The van der Waals surface area contributed by atoms with Crippen LogP contribution in [-0.4, -0.2) is 14.7 Å². The van der Waals surface area contributed by atoms with Crippen LogP contribution in [0.1, 0.15) is 31.2 Å². The lowest BCUT2D eigenvalue weighted by Crippen LogP contribution is -2.26. The van der Waals surface area contributed by atoms with Crippen molar-refractivity contribution in [3.63, 3.8) is 0 Å². The van der Waals surface area contributed by atoms with Gasteiger partial charge in [-0.2, -0.15) is 0 Å². The zero-order chi connectivity index (χ0) is 15.0. The normalized spacial score (nSPS) is 11.4. The largest absolute Gasteiger partial charge is 0.508 e. The minimum Gasteiger partial charge on any atom is -0.508 e. The molecule has 0 aliphatic rings. The molecule has 3 aromatic rings. The lowest BCUT2D eigenvalue weighted by molar-refractivity contribution is 0.476. The quantitative estimate of drug-likeness (QED) is 0.803. The first-order chi connectivity index (χ1) is 10.1. The average Bonchev–Trinajstić information content (AvgIpc) is 2.94. The van der Waals surface area contributed by atoms with Gasteiger partial charge >= 0.3 is 0 Å². The van der Waals surface area contributed by atoms with E-state index in [2.05, 4.69) is 4.98 Å². The summed E-state index contributed by atoms with van der Waals surface area (Å²) in [5.74, 6) is 0.896. The van der Waals surface area contributed by atoms with Crippen molar-refractivity contribution in [2.45, 2.75) is 26.3 Å². The van der Waals surface area contributed by atoms with Crippen LogP contribution in [0.4, 0.5) is 0 Å². The molecule has 0 spiro atoms. The molecule has 2 heterocycles. The molecule has 0 saturated heterocycles. The highest BCUT2D eigenvalue weighted by atomic mass is 16.3. The number of nitrogens with zero attached hydrogens (tertiary/aromatic N) is 2. The lowest BCUT2D eigenvalue weighted by atomic mass is 10.1. The Morgan fingerprint density at radius 3 is 2.81 bits per heavy atom. The van der Waals surface area contributed by atoms with Crippen molar-refractivity contribution in [3.05, 3.63) is 58.5 Å². The molecule has 5 heteroatoms. The Labute approximate surface area is 121 Å². The zero-order valence-electron chi connectivity index (χ0n) is 11.9. The predicted octanol–water partition coefficient (Wildman–Crippen LogP) is 2.87. The summed E-state index contributed by atoms with van der Waals surface area (Å²) >= 11 is 0. The van der Waals surface area contributed by atoms with Crippen LogP contribution in [0, 0.1) is 0 Å². The standard InChI is InChI=1S/C16H16N2O3/c1-10(2)15-17-14-7-12(19)3-4-13(14)16(20)18(15)8-11-5-6-21-9-11/h3-7,9-10,19H,8H2,1-2H3. The summed E-state index contributed by atoms with van der Waals surface area (Å²) < 4.78 is 6.72. The van der Waals surface area contributed by atoms with E-state index in [0.29, 0.717) is 23.3 Å². The molecule has 3 rings (SSSR count). The number of hydrogen-bond acceptors (Lipinski definition) is 4. The Hall–Kier alpha value is -2.56. The van der Waals surface area contributed by atoms with Gasteiger partial charge in [0.1, 0.15) is 11.6 Å². The van der Waals surface area contributed by atoms with E-state index in [4.69, 9.17) is 4.42 Å². The highest BCUT2D eigenvalue weighted by molar-refractivity contribution is 5.79. The molecular formula is C16H16N2O3. The molecule has 1 aromatic carbocycles. The maximum atomic E-state index is 12.7. The predicted molar refractivity (Wildman–Crippen MR) is 79.6 cm³/mol. The Morgan fingerprint density at radius 1 is 1.33 bits per heavy atom. The topological polar surface area (TPSA) is 68.3 Å². The van der Waals surface area contributed by atoms with Crippen LogP contribution < -0.4 is 5.56 Å². The molecule has 1 N–H and O–H groups in total. The summed E-state index contributed by atoms with van der Waals surface area (Å²) in [4.78, 5) is 17.3. The fourth-order valence-electron chi connectivity index (χ4n) is 2.39. The van der Waals surface area contributed by atoms with E-state index in [-0.39, 0.29) is 17.2 Å². The van der Waals surface area contributed by atoms with Crippen LogP contribution in [0.5, 0.6) is 5.75 Å². The van der Waals surface area contributed by atoms with Crippen LogP contribution in [0.2, 0.25) is 0 Å². The molecular weight excluding hydrogens is 268 g/mol. The first-order valence-electron chi connectivity index (χ1n) is 6.81. The van der Waals surface area contributed by atoms with Gasteiger partial charge in [-0.3, -0.25) is 9.36 Å². The monoisotopic (exact) mass is 284 g/mol. The number of fused-ring (bicyclic) bond motifs is 1. The number of aromatic hydroxyl groups is 1. The second-order valence-corrected chi connectivity index (χ2v) is 5.35. The Morgan fingerprint density at radius 2 is 2.14 bits per heavy atom. The van der Waals surface area contributed by atoms with Gasteiger partial charge in [0.05, 0.1) is 30.0 Å². The van der Waals surface area contributed by atoms with Gasteiger partial charge in [0, 0.05) is 17.5 Å². The third-order valence-electron chi connectivity index (χ3n) is 3.41. The second kappa shape index (κ2) is 5.09. The molecule has 108 valence electrons. The van der Waals surface area contributed by atoms with Crippen molar-refractivity contribution in [2.75, 3.05) is 0 Å². The first-order valence-corrected chi connectivity index (χ1v) is 6.81. The van der Waals surface area contributed by atoms with Crippen molar-refractivity contribution in [1.82, 2.24) is 9.55 Å². The van der Waals surface area contributed by atoms with Gasteiger partial charge in [0.15, 0.2) is 0 Å². The third kappa shape index (κ3) is 2.42. The van der Waals surface area contributed by atoms with Gasteiger partial charge in [-0.25, -0.2) is 4.98 Å². The van der Waals surface area contributed by atoms with Crippen LogP contribution in [0.15, 0.2) is 46.0 Å². The number of rotatable bonds is 3. The van der Waals surface area contributed by atoms with Gasteiger partial charge in [0.2, 0.25) is 0 Å². The Bertz CT molecular complexity index is 833. The van der Waals surface area contributed by atoms with Crippen molar-refractivity contribution in [3.8, 4) is 5.75 Å². The number of benzene rings is 1. The fourth-order valence-corrected chi connectivity index (χ4v) is 2.39. The van der Waals surface area contributed by atoms with Gasteiger partial charge in [-0.1, -0.05) is 13.8 Å². The molecule has 0 aliphatic heterocycles. The van der Waals surface area contributed by atoms with E-state index in [1.807, 2.05) is 19.9 Å². The van der Waals surface area contributed by atoms with Gasteiger partial charge in [-0.15, -0.1) is 0 Å². The number of aromatic nitrogens is 2. The summed E-state index contributed by atoms with van der Waals surface area (Å²) in [6, 6.07) is 6.46. The molecule has 0 fully saturated rings. The van der Waals surface area contributed by atoms with Crippen molar-refractivity contribution in [2.24, 2.45) is 0 Å². The molecule has 0 bridgehead atoms. The maximum Gasteiger partial charge on any atom is 0.261 e. The van der Waals surface area contributed by atoms with Crippen molar-refractivity contribution < 1.29 is 9.52 Å². The number of hydrogen-bond donors (Lipinski definition) is 1. The van der Waals surface area contributed by atoms with E-state index < -0.39 is 0 Å². The van der Waals surface area contributed by atoms with Crippen LogP contribution >= 0.6 is 0 Å². The van der Waals surface area contributed by atoms with E-state index in [9.17, 15) is 9.90 Å². The number of furan rings is 1. The molecule has 0 saturated carbocycles. The minimum absolute atomic E-state index is 0.0938. The van der Waals surface area contributed by atoms with E-state index >= 15 is 0 Å². The van der Waals surface area contributed by atoms with Gasteiger partial charge in [0.25, 0.3) is 5.56 Å². The molecule has 5 nitrogen and oxygen atoms in total. The summed E-state index contributed by atoms with van der Waals surface area (Å²) in [7, 11) is 0. The van der Waals surface area contributed by atoms with Crippen LogP contribution in [0.25, 0.3) is 10.9 Å². The van der Waals surface area contributed by atoms with E-state index in [0.717, 1.165) is 5.56 Å². The highest BCUT2D eigenvalue weighted by Gasteiger charge is 2.14. The molecule has 2 aromatic heterocycles. The molecule has 0 unspecified atom stereocenters. The zero-order valence-corrected chi connectivity index (χ0v) is 11.9. The van der Waals surface area contributed by atoms with Gasteiger partial charge < -0.3 is 9.52 Å². The van der Waals surface area contributed by atoms with Crippen molar-refractivity contribution >= 4 is 10.9 Å². The molecule has 0 amide bonds. The minimum atomic E-state index is -0.107. The summed E-state index contributed by atoms with van der Waals surface area (Å²) in [6.07, 6.45) is 3.21. The smallest absolute Gasteiger partial charge is 0.261 e.